The Morgan fingerprint density at radius 2 is 1.90 bits per heavy atom. The zero-order valence-corrected chi connectivity index (χ0v) is 12.1. The van der Waals surface area contributed by atoms with Gasteiger partial charge in [-0.05, 0) is 17.7 Å². The third-order valence-corrected chi connectivity index (χ3v) is 3.73. The first-order valence-electron chi connectivity index (χ1n) is 6.61. The van der Waals surface area contributed by atoms with E-state index >= 15 is 0 Å². The van der Waals surface area contributed by atoms with Crippen LogP contribution in [0.3, 0.4) is 0 Å². The van der Waals surface area contributed by atoms with Crippen molar-refractivity contribution in [2.45, 2.75) is 19.3 Å². The van der Waals surface area contributed by atoms with Gasteiger partial charge in [0, 0.05) is 18.2 Å². The molecule has 2 rings (SSSR count). The summed E-state index contributed by atoms with van der Waals surface area (Å²) in [6, 6.07) is 7.44. The summed E-state index contributed by atoms with van der Waals surface area (Å²) in [5, 5.41) is 9.44. The van der Waals surface area contributed by atoms with Crippen LogP contribution in [0.2, 0.25) is 0 Å². The highest BCUT2D eigenvalue weighted by atomic mass is 16.3. The Balaban J connectivity index is 2.32. The van der Waals surface area contributed by atoms with E-state index in [1.807, 2.05) is 38.1 Å². The molecule has 0 radical (unpaired) electrons. The molecule has 0 bridgehead atoms. The number of rotatable bonds is 3. The van der Waals surface area contributed by atoms with Gasteiger partial charge in [-0.2, -0.15) is 0 Å². The fraction of sp³-hybridized carbons (Fsp3) is 0.467. The van der Waals surface area contributed by atoms with Crippen molar-refractivity contribution in [2.24, 2.45) is 0 Å². The van der Waals surface area contributed by atoms with Crippen molar-refractivity contribution in [2.75, 3.05) is 31.6 Å². The summed E-state index contributed by atoms with van der Waals surface area (Å²) in [5.41, 5.74) is 1.27. The van der Waals surface area contributed by atoms with Crippen LogP contribution in [-0.2, 0) is 15.0 Å². The van der Waals surface area contributed by atoms with E-state index in [2.05, 4.69) is 0 Å². The van der Waals surface area contributed by atoms with Gasteiger partial charge in [-0.1, -0.05) is 26.0 Å². The molecule has 0 unspecified atom stereocenters. The van der Waals surface area contributed by atoms with E-state index in [9.17, 15) is 14.7 Å². The third-order valence-electron chi connectivity index (χ3n) is 3.73. The van der Waals surface area contributed by atoms with Gasteiger partial charge in [-0.25, -0.2) is 0 Å². The van der Waals surface area contributed by atoms with Crippen LogP contribution >= 0.6 is 0 Å². The lowest BCUT2D eigenvalue weighted by Gasteiger charge is -2.32. The minimum absolute atomic E-state index is 0.0199. The molecule has 1 fully saturated rings. The van der Waals surface area contributed by atoms with Crippen LogP contribution < -0.4 is 4.90 Å². The second kappa shape index (κ2) is 5.25. The number of aliphatic hydroxyl groups excluding tert-OH is 1. The van der Waals surface area contributed by atoms with E-state index in [0.29, 0.717) is 5.69 Å². The van der Waals surface area contributed by atoms with Crippen LogP contribution in [0, 0.1) is 0 Å². The Morgan fingerprint density at radius 1 is 1.20 bits per heavy atom. The van der Waals surface area contributed by atoms with Crippen molar-refractivity contribution in [3.63, 3.8) is 0 Å². The molecule has 0 aliphatic carbocycles. The van der Waals surface area contributed by atoms with Crippen LogP contribution in [0.5, 0.6) is 0 Å². The Kier molecular flexibility index (Phi) is 3.81. The van der Waals surface area contributed by atoms with Gasteiger partial charge in [0.05, 0.1) is 13.2 Å². The lowest BCUT2D eigenvalue weighted by molar-refractivity contribution is -0.136. The van der Waals surface area contributed by atoms with Crippen molar-refractivity contribution in [3.8, 4) is 0 Å². The molecule has 1 N–H and O–H groups in total. The summed E-state index contributed by atoms with van der Waals surface area (Å²) >= 11 is 0. The number of carbonyl (C=O) groups excluding carboxylic acids is 2. The van der Waals surface area contributed by atoms with E-state index in [-0.39, 0.29) is 36.9 Å². The number of benzene rings is 1. The molecule has 1 heterocycles. The van der Waals surface area contributed by atoms with E-state index in [4.69, 9.17) is 0 Å². The molecule has 0 aromatic heterocycles. The summed E-state index contributed by atoms with van der Waals surface area (Å²) in [5.74, 6) is -0.164. The summed E-state index contributed by atoms with van der Waals surface area (Å²) in [7, 11) is 1.63. The number of hydrogen-bond donors (Lipinski definition) is 1. The van der Waals surface area contributed by atoms with Gasteiger partial charge in [-0.3, -0.25) is 9.59 Å². The summed E-state index contributed by atoms with van der Waals surface area (Å²) in [4.78, 5) is 26.7. The SMILES string of the molecule is CN1CC(=O)N(c2cccc(C(C)(C)CO)c2)CC1=O. The Bertz CT molecular complexity index is 540. The zero-order valence-electron chi connectivity index (χ0n) is 12.1. The van der Waals surface area contributed by atoms with Crippen molar-refractivity contribution in [3.05, 3.63) is 29.8 Å². The van der Waals surface area contributed by atoms with Crippen LogP contribution in [0.25, 0.3) is 0 Å². The Hall–Kier alpha value is -1.88. The molecular formula is C15H20N2O3. The monoisotopic (exact) mass is 276 g/mol. The number of aliphatic hydroxyl groups is 1. The molecule has 1 aromatic rings. The molecule has 1 aromatic carbocycles. The first-order valence-corrected chi connectivity index (χ1v) is 6.61. The van der Waals surface area contributed by atoms with E-state index in [1.54, 1.807) is 7.05 Å². The van der Waals surface area contributed by atoms with Gasteiger partial charge < -0.3 is 14.9 Å². The minimum atomic E-state index is -0.379. The van der Waals surface area contributed by atoms with Crippen LogP contribution in [-0.4, -0.2) is 48.6 Å². The molecule has 108 valence electrons. The Labute approximate surface area is 118 Å². The quantitative estimate of drug-likeness (QED) is 0.886. The van der Waals surface area contributed by atoms with E-state index in [1.165, 1.54) is 9.80 Å². The molecule has 5 heteroatoms. The standard InChI is InChI=1S/C15H20N2O3/c1-15(2,10-18)11-5-4-6-12(7-11)17-9-13(19)16(3)8-14(17)20/h4-7,18H,8-10H2,1-3H3. The molecule has 20 heavy (non-hydrogen) atoms. The maximum Gasteiger partial charge on any atom is 0.247 e. The van der Waals surface area contributed by atoms with E-state index < -0.39 is 0 Å². The maximum absolute atomic E-state index is 12.1. The molecule has 2 amide bonds. The Morgan fingerprint density at radius 3 is 2.55 bits per heavy atom. The number of likely N-dealkylation sites (N-methyl/N-ethyl adjacent to an activating group) is 1. The van der Waals surface area contributed by atoms with Crippen LogP contribution in [0.1, 0.15) is 19.4 Å². The lowest BCUT2D eigenvalue weighted by Crippen LogP contribution is -2.52. The second-order valence-corrected chi connectivity index (χ2v) is 5.82. The average Bonchev–Trinajstić information content (AvgIpc) is 2.43. The van der Waals surface area contributed by atoms with Crippen molar-refractivity contribution >= 4 is 17.5 Å². The molecule has 5 nitrogen and oxygen atoms in total. The van der Waals surface area contributed by atoms with Gasteiger partial charge in [0.1, 0.15) is 6.54 Å². The van der Waals surface area contributed by atoms with Gasteiger partial charge in [0.25, 0.3) is 0 Å². The molecule has 1 aliphatic rings. The lowest BCUT2D eigenvalue weighted by atomic mass is 9.85. The number of hydrogen-bond acceptors (Lipinski definition) is 3. The molecular weight excluding hydrogens is 256 g/mol. The highest BCUT2D eigenvalue weighted by Crippen LogP contribution is 2.27. The first-order chi connectivity index (χ1) is 9.35. The largest absolute Gasteiger partial charge is 0.395 e. The number of amides is 2. The molecule has 1 aliphatic heterocycles. The second-order valence-electron chi connectivity index (χ2n) is 5.82. The number of carbonyl (C=O) groups is 2. The molecule has 0 spiro atoms. The first kappa shape index (κ1) is 14.5. The van der Waals surface area contributed by atoms with Gasteiger partial charge in [0.15, 0.2) is 0 Å². The number of anilines is 1. The average molecular weight is 276 g/mol. The van der Waals surface area contributed by atoms with Gasteiger partial charge >= 0.3 is 0 Å². The summed E-state index contributed by atoms with van der Waals surface area (Å²) in [6.07, 6.45) is 0. The predicted octanol–water partition coefficient (Wildman–Crippen LogP) is 0.761. The van der Waals surface area contributed by atoms with Crippen LogP contribution in [0.15, 0.2) is 24.3 Å². The molecule has 0 saturated carbocycles. The summed E-state index contributed by atoms with van der Waals surface area (Å²) < 4.78 is 0. The highest BCUT2D eigenvalue weighted by molar-refractivity contribution is 6.04. The maximum atomic E-state index is 12.1. The zero-order chi connectivity index (χ0) is 14.9. The predicted molar refractivity (Wildman–Crippen MR) is 76.5 cm³/mol. The van der Waals surface area contributed by atoms with Crippen LogP contribution in [0.4, 0.5) is 5.69 Å². The van der Waals surface area contributed by atoms with E-state index in [0.717, 1.165) is 5.56 Å². The van der Waals surface area contributed by atoms with Crippen molar-refractivity contribution in [1.29, 1.82) is 0 Å². The number of nitrogens with zero attached hydrogens (tertiary/aromatic N) is 2. The van der Waals surface area contributed by atoms with Gasteiger partial charge in [0.2, 0.25) is 11.8 Å². The normalized spacial score (nSPS) is 16.8. The van der Waals surface area contributed by atoms with Crippen molar-refractivity contribution in [1.82, 2.24) is 4.90 Å². The topological polar surface area (TPSA) is 60.9 Å². The minimum Gasteiger partial charge on any atom is -0.395 e. The smallest absolute Gasteiger partial charge is 0.247 e. The van der Waals surface area contributed by atoms with Crippen molar-refractivity contribution < 1.29 is 14.7 Å². The fourth-order valence-electron chi connectivity index (χ4n) is 2.14. The fourth-order valence-corrected chi connectivity index (χ4v) is 2.14. The summed E-state index contributed by atoms with van der Waals surface area (Å²) in [6.45, 7) is 4.06. The van der Waals surface area contributed by atoms with Gasteiger partial charge in [-0.15, -0.1) is 0 Å². The number of piperazine rings is 1. The molecule has 1 saturated heterocycles. The molecule has 0 atom stereocenters. The highest BCUT2D eigenvalue weighted by Gasteiger charge is 2.29. The third kappa shape index (κ3) is 2.67.